The average Bonchev–Trinajstić information content (AvgIpc) is 2.27. The first-order valence-corrected chi connectivity index (χ1v) is 6.82. The zero-order chi connectivity index (χ0) is 13.3. The van der Waals surface area contributed by atoms with Gasteiger partial charge in [0.05, 0.1) is 4.90 Å². The third-order valence-electron chi connectivity index (χ3n) is 1.83. The Labute approximate surface area is 96.8 Å². The molecule has 0 aliphatic heterocycles. The molecule has 4 N–H and O–H groups in total. The smallest absolute Gasteiger partial charge is 0.298 e. The molecule has 0 bridgehead atoms. The summed E-state index contributed by atoms with van der Waals surface area (Å²) >= 11 is 0. The Morgan fingerprint density at radius 1 is 1.24 bits per heavy atom. The van der Waals surface area contributed by atoms with Crippen LogP contribution in [0, 0.1) is 0 Å². The zero-order valence-electron chi connectivity index (χ0n) is 8.23. The van der Waals surface area contributed by atoms with E-state index in [1.165, 1.54) is 0 Å². The molecule has 1 aromatic carbocycles. The van der Waals surface area contributed by atoms with E-state index in [-0.39, 0.29) is 6.29 Å². The van der Waals surface area contributed by atoms with Gasteiger partial charge in [-0.2, -0.15) is 22.7 Å². The minimum Gasteiger partial charge on any atom is -0.298 e. The van der Waals surface area contributed by atoms with Crippen LogP contribution in [-0.4, -0.2) is 27.7 Å². The van der Waals surface area contributed by atoms with Gasteiger partial charge < -0.3 is 0 Å². The lowest BCUT2D eigenvalue weighted by molar-refractivity contribution is -0.635. The van der Waals surface area contributed by atoms with Gasteiger partial charge in [0.25, 0.3) is 10.1 Å². The monoisotopic (exact) mass is 282 g/mol. The van der Waals surface area contributed by atoms with Crippen LogP contribution in [0.25, 0.3) is 0 Å². The van der Waals surface area contributed by atoms with Crippen molar-refractivity contribution in [2.75, 3.05) is 0 Å². The molecule has 1 aromatic rings. The molecule has 8 nitrogen and oxygen atoms in total. The van der Waals surface area contributed by atoms with Gasteiger partial charge >= 0.3 is 10.1 Å². The van der Waals surface area contributed by atoms with Crippen LogP contribution in [0.15, 0.2) is 28.0 Å². The summed E-state index contributed by atoms with van der Waals surface area (Å²) in [5.74, 6) is 2.71. The van der Waals surface area contributed by atoms with E-state index in [0.29, 0.717) is 6.07 Å². The van der Waals surface area contributed by atoms with E-state index in [9.17, 15) is 21.6 Å². The van der Waals surface area contributed by atoms with Crippen molar-refractivity contribution in [1.29, 1.82) is 0 Å². The van der Waals surface area contributed by atoms with Gasteiger partial charge in [0, 0.05) is 5.56 Å². The summed E-state index contributed by atoms with van der Waals surface area (Å²) in [7, 11) is -8.74. The lowest BCUT2D eigenvalue weighted by Crippen LogP contribution is -2.51. The van der Waals surface area contributed by atoms with Crippen molar-refractivity contribution in [2.24, 2.45) is 0 Å². The molecule has 0 aromatic heterocycles. The molecule has 0 aliphatic carbocycles. The van der Waals surface area contributed by atoms with E-state index in [1.54, 1.807) is 0 Å². The Kier molecular flexibility index (Phi) is 3.64. The molecule has 0 heterocycles. The second kappa shape index (κ2) is 4.50. The Hall–Kier alpha value is -1.33. The number of quaternary nitrogens is 1. The quantitative estimate of drug-likeness (QED) is 0.393. The van der Waals surface area contributed by atoms with Crippen LogP contribution in [0.2, 0.25) is 0 Å². The van der Waals surface area contributed by atoms with E-state index in [2.05, 4.69) is 10.2 Å². The first-order valence-electron chi connectivity index (χ1n) is 3.98. The summed E-state index contributed by atoms with van der Waals surface area (Å²) in [5.41, 5.74) is -0.455. The minimum atomic E-state index is -4.51. The highest BCUT2D eigenvalue weighted by Crippen LogP contribution is 2.19. The van der Waals surface area contributed by atoms with E-state index in [0.717, 1.165) is 12.1 Å². The van der Waals surface area contributed by atoms with E-state index < -0.39 is 35.6 Å². The second-order valence-corrected chi connectivity index (χ2v) is 5.87. The normalized spacial score (nSPS) is 12.4. The Morgan fingerprint density at radius 2 is 1.82 bits per heavy atom. The summed E-state index contributed by atoms with van der Waals surface area (Å²) in [5, 5.41) is 0. The van der Waals surface area contributed by atoms with Gasteiger partial charge in [0.15, 0.2) is 6.29 Å². The van der Waals surface area contributed by atoms with Crippen molar-refractivity contribution in [2.45, 2.75) is 9.79 Å². The second-order valence-electron chi connectivity index (χ2n) is 2.86. The molecule has 0 fully saturated rings. The molecule has 0 aliphatic rings. The molecule has 17 heavy (non-hydrogen) atoms. The first kappa shape index (κ1) is 13.7. The standard InChI is InChI=1S/C7H7NO7S2/c8-15-17(13,14)7-2-1-6(16(10,11)12)3-5(7)4-9/h1-4H,8H3/p+1. The van der Waals surface area contributed by atoms with Gasteiger partial charge in [-0.1, -0.05) is 4.28 Å². The van der Waals surface area contributed by atoms with Gasteiger partial charge in [-0.05, 0) is 18.2 Å². The molecule has 0 unspecified atom stereocenters. The van der Waals surface area contributed by atoms with E-state index in [1.807, 2.05) is 0 Å². The van der Waals surface area contributed by atoms with Crippen molar-refractivity contribution in [3.63, 3.8) is 0 Å². The molecule has 0 radical (unpaired) electrons. The maximum Gasteiger partial charge on any atom is 0.343 e. The fraction of sp³-hybridized carbons (Fsp3) is 0. The van der Waals surface area contributed by atoms with Crippen molar-refractivity contribution >= 4 is 26.5 Å². The highest BCUT2D eigenvalue weighted by molar-refractivity contribution is 7.86. The highest BCUT2D eigenvalue weighted by Gasteiger charge is 2.22. The lowest BCUT2D eigenvalue weighted by atomic mass is 10.2. The van der Waals surface area contributed by atoms with Gasteiger partial charge in [-0.3, -0.25) is 9.35 Å². The Bertz CT molecular complexity index is 647. The third kappa shape index (κ3) is 2.87. The van der Waals surface area contributed by atoms with Gasteiger partial charge in [-0.25, -0.2) is 0 Å². The fourth-order valence-corrected chi connectivity index (χ4v) is 2.34. The highest BCUT2D eigenvalue weighted by atomic mass is 32.2. The molecule has 94 valence electrons. The van der Waals surface area contributed by atoms with Crippen molar-refractivity contribution in [3.05, 3.63) is 23.8 Å². The van der Waals surface area contributed by atoms with E-state index >= 15 is 0 Å². The minimum absolute atomic E-state index is 0.126. The number of benzene rings is 1. The largest absolute Gasteiger partial charge is 0.343 e. The van der Waals surface area contributed by atoms with Gasteiger partial charge in [0.1, 0.15) is 4.90 Å². The summed E-state index contributed by atoms with van der Waals surface area (Å²) in [4.78, 5) is 9.52. The summed E-state index contributed by atoms with van der Waals surface area (Å²) < 4.78 is 56.8. The predicted molar refractivity (Wildman–Crippen MR) is 52.8 cm³/mol. The Balaban J connectivity index is 3.55. The summed E-state index contributed by atoms with van der Waals surface area (Å²) in [6.07, 6.45) is 0.126. The summed E-state index contributed by atoms with van der Waals surface area (Å²) in [6, 6.07) is 2.37. The lowest BCUT2D eigenvalue weighted by Gasteiger charge is -2.03. The summed E-state index contributed by atoms with van der Waals surface area (Å²) in [6.45, 7) is 0. The predicted octanol–water partition coefficient (Wildman–Crippen LogP) is -1.39. The van der Waals surface area contributed by atoms with E-state index in [4.69, 9.17) is 4.55 Å². The number of aldehydes is 1. The van der Waals surface area contributed by atoms with Crippen LogP contribution in [-0.2, 0) is 24.5 Å². The Morgan fingerprint density at radius 3 is 2.24 bits per heavy atom. The van der Waals surface area contributed by atoms with Crippen LogP contribution < -0.4 is 5.90 Å². The van der Waals surface area contributed by atoms with Crippen LogP contribution in [0.4, 0.5) is 0 Å². The number of carbonyl (C=O) groups excluding carboxylic acids is 1. The van der Waals surface area contributed by atoms with Crippen LogP contribution in [0.1, 0.15) is 10.4 Å². The van der Waals surface area contributed by atoms with Crippen LogP contribution in [0.3, 0.4) is 0 Å². The maximum atomic E-state index is 11.3. The number of carbonyl (C=O) groups is 1. The third-order valence-corrected chi connectivity index (χ3v) is 3.90. The molecule has 0 saturated carbocycles. The first-order chi connectivity index (χ1) is 7.72. The van der Waals surface area contributed by atoms with Crippen LogP contribution >= 0.6 is 0 Å². The molecule has 1 rings (SSSR count). The molecule has 0 spiro atoms. The fourth-order valence-electron chi connectivity index (χ4n) is 1.07. The topological polar surface area (TPSA) is 142 Å². The number of hydrogen-bond donors (Lipinski definition) is 2. The van der Waals surface area contributed by atoms with Gasteiger partial charge in [0.2, 0.25) is 0 Å². The maximum absolute atomic E-state index is 11.3. The SMILES string of the molecule is [NH3+]OS(=O)(=O)c1ccc(S(=O)(=O)O)cc1C=O. The van der Waals surface area contributed by atoms with Crippen molar-refractivity contribution in [3.8, 4) is 0 Å². The number of rotatable bonds is 4. The molecule has 10 heteroatoms. The van der Waals surface area contributed by atoms with Gasteiger partial charge in [-0.15, -0.1) is 0 Å². The molecular formula is C7H8NO7S2+. The molecular weight excluding hydrogens is 274 g/mol. The van der Waals surface area contributed by atoms with Crippen LogP contribution in [0.5, 0.6) is 0 Å². The van der Waals surface area contributed by atoms with Crippen molar-refractivity contribution in [1.82, 2.24) is 0 Å². The zero-order valence-corrected chi connectivity index (χ0v) is 9.86. The molecule has 0 amide bonds. The molecule has 0 saturated heterocycles. The van der Waals surface area contributed by atoms with Crippen molar-refractivity contribution < 1.29 is 36.4 Å². The number of hydrogen-bond acceptors (Lipinski definition) is 6. The molecule has 0 atom stereocenters. The average molecular weight is 282 g/mol.